The maximum Gasteiger partial charge on any atom is 0.256 e. The summed E-state index contributed by atoms with van der Waals surface area (Å²) in [5.74, 6) is 0.0187. The van der Waals surface area contributed by atoms with Crippen LogP contribution in [0.3, 0.4) is 0 Å². The minimum Gasteiger partial charge on any atom is -0.396 e. The van der Waals surface area contributed by atoms with Gasteiger partial charge < -0.3 is 19.9 Å². The molecular formula is C16H25N3O3. The van der Waals surface area contributed by atoms with Crippen LogP contribution in [0, 0.1) is 12.8 Å². The molecule has 1 atom stereocenters. The highest BCUT2D eigenvalue weighted by Crippen LogP contribution is 2.14. The number of aliphatic hydroxyl groups excluding tert-OH is 1. The molecular weight excluding hydrogens is 282 g/mol. The summed E-state index contributed by atoms with van der Waals surface area (Å²) >= 11 is 0. The van der Waals surface area contributed by atoms with E-state index in [1.807, 2.05) is 14.0 Å². The Morgan fingerprint density at radius 3 is 3.00 bits per heavy atom. The fourth-order valence-electron chi connectivity index (χ4n) is 2.83. The van der Waals surface area contributed by atoms with E-state index in [9.17, 15) is 14.7 Å². The van der Waals surface area contributed by atoms with Gasteiger partial charge in [0.1, 0.15) is 5.56 Å². The van der Waals surface area contributed by atoms with Gasteiger partial charge in [-0.2, -0.15) is 0 Å². The highest BCUT2D eigenvalue weighted by Gasteiger charge is 2.19. The molecule has 1 fully saturated rings. The highest BCUT2D eigenvalue weighted by molar-refractivity contribution is 5.93. The van der Waals surface area contributed by atoms with Gasteiger partial charge in [0.25, 0.3) is 5.91 Å². The molecule has 2 rings (SSSR count). The molecule has 1 saturated heterocycles. The number of piperidine rings is 1. The van der Waals surface area contributed by atoms with E-state index < -0.39 is 0 Å². The summed E-state index contributed by atoms with van der Waals surface area (Å²) in [5, 5.41) is 12.0. The number of carbonyl (C=O) groups excluding carboxylic acids is 1. The van der Waals surface area contributed by atoms with Crippen molar-refractivity contribution < 1.29 is 9.90 Å². The van der Waals surface area contributed by atoms with Crippen molar-refractivity contribution in [3.8, 4) is 0 Å². The Kier molecular flexibility index (Phi) is 5.74. The number of rotatable bonds is 5. The smallest absolute Gasteiger partial charge is 0.256 e. The van der Waals surface area contributed by atoms with Crippen LogP contribution in [0.5, 0.6) is 0 Å². The van der Waals surface area contributed by atoms with Gasteiger partial charge in [-0.1, -0.05) is 0 Å². The number of pyridine rings is 1. The zero-order chi connectivity index (χ0) is 16.1. The molecule has 1 unspecified atom stereocenters. The van der Waals surface area contributed by atoms with Crippen molar-refractivity contribution >= 4 is 5.91 Å². The second-order valence-electron chi connectivity index (χ2n) is 6.05. The molecule has 0 aliphatic carbocycles. The molecule has 1 aliphatic heterocycles. The molecule has 1 amide bonds. The third-order valence-corrected chi connectivity index (χ3v) is 4.30. The Balaban J connectivity index is 1.85. The Bertz CT molecular complexity index is 582. The quantitative estimate of drug-likeness (QED) is 0.811. The van der Waals surface area contributed by atoms with Crippen LogP contribution in [0.2, 0.25) is 0 Å². The van der Waals surface area contributed by atoms with Gasteiger partial charge in [-0.05, 0) is 32.2 Å². The van der Waals surface area contributed by atoms with E-state index >= 15 is 0 Å². The molecule has 1 aromatic rings. The van der Waals surface area contributed by atoms with E-state index in [0.29, 0.717) is 12.5 Å². The van der Waals surface area contributed by atoms with Gasteiger partial charge in [-0.25, -0.2) is 0 Å². The lowest BCUT2D eigenvalue weighted by Crippen LogP contribution is -2.42. The molecule has 1 aliphatic rings. The third kappa shape index (κ3) is 4.18. The van der Waals surface area contributed by atoms with E-state index in [4.69, 9.17) is 0 Å². The van der Waals surface area contributed by atoms with Gasteiger partial charge in [0.15, 0.2) is 5.43 Å². The lowest BCUT2D eigenvalue weighted by atomic mass is 9.99. The van der Waals surface area contributed by atoms with Crippen molar-refractivity contribution in [3.63, 3.8) is 0 Å². The zero-order valence-electron chi connectivity index (χ0n) is 13.3. The molecule has 22 heavy (non-hydrogen) atoms. The Hall–Kier alpha value is -1.66. The second-order valence-corrected chi connectivity index (χ2v) is 6.05. The first kappa shape index (κ1) is 16.7. The van der Waals surface area contributed by atoms with E-state index in [1.165, 1.54) is 6.07 Å². The average molecular weight is 307 g/mol. The normalized spacial score (nSPS) is 19.1. The standard InChI is InChI=1S/C16H25N3O3/c1-12-8-15(21)14(10-18(12)2)16(22)17-5-7-19-6-3-4-13(9-19)11-20/h8,10,13,20H,3-7,9,11H2,1-2H3,(H,17,22). The van der Waals surface area contributed by atoms with Gasteiger partial charge in [0.05, 0.1) is 0 Å². The second kappa shape index (κ2) is 7.56. The third-order valence-electron chi connectivity index (χ3n) is 4.30. The van der Waals surface area contributed by atoms with Crippen molar-refractivity contribution in [1.82, 2.24) is 14.8 Å². The summed E-state index contributed by atoms with van der Waals surface area (Å²) in [6.07, 6.45) is 3.73. The number of aryl methyl sites for hydroxylation is 2. The number of carbonyl (C=O) groups is 1. The number of aliphatic hydroxyl groups is 1. The summed E-state index contributed by atoms with van der Waals surface area (Å²) < 4.78 is 1.77. The van der Waals surface area contributed by atoms with Gasteiger partial charge >= 0.3 is 0 Å². The number of amides is 1. The topological polar surface area (TPSA) is 74.6 Å². The predicted octanol–water partition coefficient (Wildman–Crippen LogP) is 0.128. The molecule has 6 heteroatoms. The first-order valence-electron chi connectivity index (χ1n) is 7.80. The van der Waals surface area contributed by atoms with E-state index in [2.05, 4.69) is 10.2 Å². The van der Waals surface area contributed by atoms with Crippen LogP contribution in [0.4, 0.5) is 0 Å². The number of aromatic nitrogens is 1. The molecule has 2 heterocycles. The van der Waals surface area contributed by atoms with Gasteiger partial charge in [-0.15, -0.1) is 0 Å². The van der Waals surface area contributed by atoms with Gasteiger partial charge in [0.2, 0.25) is 0 Å². The van der Waals surface area contributed by atoms with Crippen LogP contribution in [0.15, 0.2) is 17.1 Å². The molecule has 0 radical (unpaired) electrons. The van der Waals surface area contributed by atoms with Crippen LogP contribution in [-0.2, 0) is 7.05 Å². The van der Waals surface area contributed by atoms with Crippen molar-refractivity contribution in [2.24, 2.45) is 13.0 Å². The predicted molar refractivity (Wildman–Crippen MR) is 85.0 cm³/mol. The average Bonchev–Trinajstić information content (AvgIpc) is 2.51. The van der Waals surface area contributed by atoms with Crippen LogP contribution < -0.4 is 10.7 Å². The lowest BCUT2D eigenvalue weighted by molar-refractivity contribution is 0.0929. The maximum absolute atomic E-state index is 12.1. The Morgan fingerprint density at radius 1 is 1.50 bits per heavy atom. The van der Waals surface area contributed by atoms with Crippen LogP contribution in [-0.4, -0.2) is 53.3 Å². The van der Waals surface area contributed by atoms with E-state index in [-0.39, 0.29) is 23.5 Å². The summed E-state index contributed by atoms with van der Waals surface area (Å²) in [6.45, 7) is 5.18. The highest BCUT2D eigenvalue weighted by atomic mass is 16.3. The fraction of sp³-hybridized carbons (Fsp3) is 0.625. The summed E-state index contributed by atoms with van der Waals surface area (Å²) in [5.41, 5.74) is 0.760. The molecule has 2 N–H and O–H groups in total. The molecule has 1 aromatic heterocycles. The van der Waals surface area contributed by atoms with E-state index in [1.54, 1.807) is 10.8 Å². The monoisotopic (exact) mass is 307 g/mol. The number of hydrogen-bond donors (Lipinski definition) is 2. The Morgan fingerprint density at radius 2 is 2.27 bits per heavy atom. The summed E-state index contributed by atoms with van der Waals surface area (Å²) in [6, 6.07) is 1.48. The van der Waals surface area contributed by atoms with Crippen LogP contribution in [0.25, 0.3) is 0 Å². The summed E-state index contributed by atoms with van der Waals surface area (Å²) in [4.78, 5) is 26.2. The van der Waals surface area contributed by atoms with Crippen molar-refractivity contribution in [1.29, 1.82) is 0 Å². The molecule has 0 aromatic carbocycles. The van der Waals surface area contributed by atoms with Crippen molar-refractivity contribution in [2.75, 3.05) is 32.8 Å². The largest absolute Gasteiger partial charge is 0.396 e. The van der Waals surface area contributed by atoms with Gasteiger partial charge in [-0.3, -0.25) is 9.59 Å². The molecule has 122 valence electrons. The molecule has 6 nitrogen and oxygen atoms in total. The number of likely N-dealkylation sites (tertiary alicyclic amines) is 1. The first-order valence-corrected chi connectivity index (χ1v) is 7.80. The first-order chi connectivity index (χ1) is 10.5. The maximum atomic E-state index is 12.1. The number of nitrogens with one attached hydrogen (secondary N) is 1. The van der Waals surface area contributed by atoms with Crippen molar-refractivity contribution in [2.45, 2.75) is 19.8 Å². The van der Waals surface area contributed by atoms with Crippen LogP contribution >= 0.6 is 0 Å². The fourth-order valence-corrected chi connectivity index (χ4v) is 2.83. The molecule has 0 spiro atoms. The molecule has 0 saturated carbocycles. The molecule has 0 bridgehead atoms. The summed E-state index contributed by atoms with van der Waals surface area (Å²) in [7, 11) is 1.81. The van der Waals surface area contributed by atoms with Crippen LogP contribution in [0.1, 0.15) is 28.9 Å². The van der Waals surface area contributed by atoms with Gasteiger partial charge in [0, 0.05) is 51.2 Å². The van der Waals surface area contributed by atoms with E-state index in [0.717, 1.165) is 38.2 Å². The lowest BCUT2D eigenvalue weighted by Gasteiger charge is -2.31. The minimum atomic E-state index is -0.323. The zero-order valence-corrected chi connectivity index (χ0v) is 13.3. The minimum absolute atomic E-state index is 0.181. The number of nitrogens with zero attached hydrogens (tertiary/aromatic N) is 2. The SMILES string of the molecule is Cc1cc(=O)c(C(=O)NCCN2CCCC(CO)C2)cn1C. The van der Waals surface area contributed by atoms with Crippen molar-refractivity contribution in [3.05, 3.63) is 33.7 Å². The number of hydrogen-bond acceptors (Lipinski definition) is 4. The Labute approximate surface area is 130 Å².